The van der Waals surface area contributed by atoms with Gasteiger partial charge in [0.15, 0.2) is 6.10 Å². The van der Waals surface area contributed by atoms with Crippen molar-refractivity contribution >= 4 is 11.9 Å². The minimum absolute atomic E-state index is 0.0122. The molecule has 0 saturated carbocycles. The van der Waals surface area contributed by atoms with Crippen molar-refractivity contribution in [3.63, 3.8) is 0 Å². The van der Waals surface area contributed by atoms with Gasteiger partial charge in [-0.25, -0.2) is 4.79 Å². The first-order valence-electron chi connectivity index (χ1n) is 9.05. The van der Waals surface area contributed by atoms with Crippen molar-refractivity contribution < 1.29 is 19.4 Å². The number of rotatable bonds is 6. The first-order valence-corrected chi connectivity index (χ1v) is 9.05. The molecule has 144 valence electrons. The largest absolute Gasteiger partial charge is 0.464 e. The van der Waals surface area contributed by atoms with Crippen LogP contribution in [0.2, 0.25) is 0 Å². The van der Waals surface area contributed by atoms with Crippen molar-refractivity contribution in [2.24, 2.45) is 0 Å². The van der Waals surface area contributed by atoms with E-state index in [0.29, 0.717) is 11.1 Å². The van der Waals surface area contributed by atoms with E-state index in [4.69, 9.17) is 4.74 Å². The third-order valence-corrected chi connectivity index (χ3v) is 4.30. The van der Waals surface area contributed by atoms with Crippen LogP contribution in [0.5, 0.6) is 0 Å². The van der Waals surface area contributed by atoms with E-state index in [2.05, 4.69) is 26.1 Å². The van der Waals surface area contributed by atoms with E-state index in [9.17, 15) is 14.7 Å². The molecule has 0 aliphatic carbocycles. The van der Waals surface area contributed by atoms with Gasteiger partial charge in [0.25, 0.3) is 5.91 Å². The predicted molar refractivity (Wildman–Crippen MR) is 104 cm³/mol. The number of aliphatic hydroxyl groups excluding tert-OH is 1. The van der Waals surface area contributed by atoms with Crippen LogP contribution in [0.3, 0.4) is 0 Å². The zero-order valence-electron chi connectivity index (χ0n) is 16.2. The van der Waals surface area contributed by atoms with Gasteiger partial charge in [0, 0.05) is 5.56 Å². The molecule has 0 aliphatic rings. The zero-order valence-corrected chi connectivity index (χ0v) is 16.2. The normalized spacial score (nSPS) is 13.5. The highest BCUT2D eigenvalue weighted by molar-refractivity contribution is 5.95. The van der Waals surface area contributed by atoms with Gasteiger partial charge < -0.3 is 15.2 Å². The molecule has 2 atom stereocenters. The highest BCUT2D eigenvalue weighted by atomic mass is 16.5. The van der Waals surface area contributed by atoms with Crippen LogP contribution in [-0.4, -0.2) is 29.7 Å². The second-order valence-corrected chi connectivity index (χ2v) is 7.39. The maximum atomic E-state index is 12.7. The lowest BCUT2D eigenvalue weighted by Gasteiger charge is -2.24. The summed E-state index contributed by atoms with van der Waals surface area (Å²) in [6.45, 7) is 8.12. The molecule has 0 spiro atoms. The van der Waals surface area contributed by atoms with E-state index in [1.165, 1.54) is 0 Å². The van der Waals surface area contributed by atoms with E-state index >= 15 is 0 Å². The van der Waals surface area contributed by atoms with Crippen LogP contribution in [0.1, 0.15) is 55.2 Å². The number of aliphatic hydroxyl groups is 1. The minimum atomic E-state index is -1.50. The minimum Gasteiger partial charge on any atom is -0.464 e. The molecular weight excluding hydrogens is 342 g/mol. The second kappa shape index (κ2) is 8.82. The molecule has 0 aliphatic heterocycles. The molecule has 5 heteroatoms. The summed E-state index contributed by atoms with van der Waals surface area (Å²) in [5.41, 5.74) is 2.18. The number of nitrogens with one attached hydrogen (secondary N) is 1. The maximum Gasteiger partial charge on any atom is 0.337 e. The Bertz CT molecular complexity index is 763. The topological polar surface area (TPSA) is 75.6 Å². The van der Waals surface area contributed by atoms with Gasteiger partial charge in [-0.2, -0.15) is 0 Å². The molecule has 2 rings (SSSR count). The van der Waals surface area contributed by atoms with Crippen LogP contribution in [0.25, 0.3) is 0 Å². The van der Waals surface area contributed by atoms with Gasteiger partial charge in [0.05, 0.1) is 12.6 Å². The molecule has 0 fully saturated rings. The molecule has 2 N–H and O–H groups in total. The molecular formula is C22H27NO4. The van der Waals surface area contributed by atoms with E-state index in [1.54, 1.807) is 43.3 Å². The predicted octanol–water partition coefficient (Wildman–Crippen LogP) is 3.38. The van der Waals surface area contributed by atoms with E-state index in [0.717, 1.165) is 5.56 Å². The Morgan fingerprint density at radius 1 is 1.04 bits per heavy atom. The Balaban J connectivity index is 2.24. The van der Waals surface area contributed by atoms with Gasteiger partial charge >= 0.3 is 5.97 Å². The first-order chi connectivity index (χ1) is 12.7. The lowest BCUT2D eigenvalue weighted by atomic mass is 9.86. The Hall–Kier alpha value is -2.66. The molecule has 0 bridgehead atoms. The van der Waals surface area contributed by atoms with Gasteiger partial charge in [-0.1, -0.05) is 63.2 Å². The monoisotopic (exact) mass is 369 g/mol. The van der Waals surface area contributed by atoms with Crippen LogP contribution in [0.15, 0.2) is 54.6 Å². The molecule has 2 aromatic carbocycles. The van der Waals surface area contributed by atoms with Crippen LogP contribution >= 0.6 is 0 Å². The van der Waals surface area contributed by atoms with E-state index in [-0.39, 0.29) is 17.9 Å². The number of amides is 1. The Morgan fingerprint density at radius 3 is 2.15 bits per heavy atom. The van der Waals surface area contributed by atoms with Crippen molar-refractivity contribution in [2.45, 2.75) is 45.3 Å². The molecule has 0 unspecified atom stereocenters. The van der Waals surface area contributed by atoms with Crippen LogP contribution in [0, 0.1) is 0 Å². The van der Waals surface area contributed by atoms with Gasteiger partial charge in [-0.15, -0.1) is 0 Å². The summed E-state index contributed by atoms with van der Waals surface area (Å²) in [6, 6.07) is 15.3. The molecule has 2 aromatic rings. The number of carbonyl (C=O) groups excluding carboxylic acids is 2. The number of esters is 1. The molecule has 5 nitrogen and oxygen atoms in total. The summed E-state index contributed by atoms with van der Waals surface area (Å²) in [6.07, 6.45) is -1.50. The van der Waals surface area contributed by atoms with Crippen LogP contribution < -0.4 is 5.32 Å². The fourth-order valence-corrected chi connectivity index (χ4v) is 2.71. The van der Waals surface area contributed by atoms with Crippen molar-refractivity contribution in [2.75, 3.05) is 6.61 Å². The molecule has 1 amide bonds. The van der Waals surface area contributed by atoms with Crippen molar-refractivity contribution in [3.05, 3.63) is 71.3 Å². The lowest BCUT2D eigenvalue weighted by molar-refractivity contribution is -0.154. The Morgan fingerprint density at radius 2 is 1.63 bits per heavy atom. The SMILES string of the molecule is CCOC(=O)[C@@H](O)[C@@H](NC(=O)c1ccc(C(C)(C)C)cc1)c1ccccc1. The van der Waals surface area contributed by atoms with Crippen molar-refractivity contribution in [1.82, 2.24) is 5.32 Å². The Kier molecular flexibility index (Phi) is 6.75. The van der Waals surface area contributed by atoms with Crippen molar-refractivity contribution in [3.8, 4) is 0 Å². The fourth-order valence-electron chi connectivity index (χ4n) is 2.71. The summed E-state index contributed by atoms with van der Waals surface area (Å²) in [5, 5.41) is 13.2. The van der Waals surface area contributed by atoms with E-state index in [1.807, 2.05) is 18.2 Å². The molecule has 0 radical (unpaired) electrons. The molecule has 0 aromatic heterocycles. The molecule has 0 heterocycles. The number of ether oxygens (including phenoxy) is 1. The van der Waals surface area contributed by atoms with Crippen LogP contribution in [-0.2, 0) is 14.9 Å². The molecule has 0 saturated heterocycles. The second-order valence-electron chi connectivity index (χ2n) is 7.39. The number of carbonyl (C=O) groups is 2. The summed E-state index contributed by atoms with van der Waals surface area (Å²) < 4.78 is 4.91. The summed E-state index contributed by atoms with van der Waals surface area (Å²) in [5.74, 6) is -1.14. The number of hydrogen-bond donors (Lipinski definition) is 2. The van der Waals surface area contributed by atoms with Crippen molar-refractivity contribution in [1.29, 1.82) is 0 Å². The van der Waals surface area contributed by atoms with Gasteiger partial charge in [0.1, 0.15) is 0 Å². The van der Waals surface area contributed by atoms with Crippen LogP contribution in [0.4, 0.5) is 0 Å². The average Bonchev–Trinajstić information content (AvgIpc) is 2.65. The smallest absolute Gasteiger partial charge is 0.337 e. The third kappa shape index (κ3) is 5.41. The van der Waals surface area contributed by atoms with Gasteiger partial charge in [-0.3, -0.25) is 4.79 Å². The van der Waals surface area contributed by atoms with Gasteiger partial charge in [-0.05, 0) is 35.6 Å². The number of benzene rings is 2. The van der Waals surface area contributed by atoms with Gasteiger partial charge in [0.2, 0.25) is 0 Å². The zero-order chi connectivity index (χ0) is 20.0. The quantitative estimate of drug-likeness (QED) is 0.766. The highest BCUT2D eigenvalue weighted by Crippen LogP contribution is 2.23. The fraction of sp³-hybridized carbons (Fsp3) is 0.364. The highest BCUT2D eigenvalue weighted by Gasteiger charge is 2.30. The summed E-state index contributed by atoms with van der Waals surface area (Å²) in [7, 11) is 0. The maximum absolute atomic E-state index is 12.7. The van der Waals surface area contributed by atoms with E-state index < -0.39 is 18.1 Å². The first kappa shape index (κ1) is 20.6. The lowest BCUT2D eigenvalue weighted by Crippen LogP contribution is -2.41. The molecule has 27 heavy (non-hydrogen) atoms. The summed E-state index contributed by atoms with van der Waals surface area (Å²) >= 11 is 0. The number of hydrogen-bond acceptors (Lipinski definition) is 4. The Labute approximate surface area is 160 Å². The standard InChI is InChI=1S/C22H27NO4/c1-5-27-21(26)19(24)18(15-9-7-6-8-10-15)23-20(25)16-11-13-17(14-12-16)22(2,3)4/h6-14,18-19,24H,5H2,1-4H3,(H,23,25)/t18-,19-/m0/s1. The third-order valence-electron chi connectivity index (χ3n) is 4.30. The summed E-state index contributed by atoms with van der Waals surface area (Å²) in [4.78, 5) is 24.7. The average molecular weight is 369 g/mol.